The quantitative estimate of drug-likeness (QED) is 0.661. The molecule has 2 saturated carbocycles. The number of carboxylic acids is 1. The highest BCUT2D eigenvalue weighted by molar-refractivity contribution is 7.10. The summed E-state index contributed by atoms with van der Waals surface area (Å²) in [7, 11) is 0. The largest absolute Gasteiger partial charge is 0.478 e. The lowest BCUT2D eigenvalue weighted by Gasteiger charge is -2.24. The molecule has 0 saturated heterocycles. The minimum absolute atomic E-state index is 0.424. The Kier molecular flexibility index (Phi) is 5.67. The summed E-state index contributed by atoms with van der Waals surface area (Å²) in [6, 6.07) is 1.85. The molecule has 2 aliphatic carbocycles. The van der Waals surface area contributed by atoms with E-state index in [1.165, 1.54) is 69.2 Å². The van der Waals surface area contributed by atoms with Crippen LogP contribution in [0, 0.1) is 12.8 Å². The Morgan fingerprint density at radius 2 is 1.81 bits per heavy atom. The summed E-state index contributed by atoms with van der Waals surface area (Å²) in [5, 5.41) is 13.0. The van der Waals surface area contributed by atoms with E-state index in [1.54, 1.807) is 11.3 Å². The molecule has 2 aromatic heterocycles. The van der Waals surface area contributed by atoms with Gasteiger partial charge in [-0.25, -0.2) is 9.78 Å². The second kappa shape index (κ2) is 8.17. The Bertz CT molecular complexity index is 795. The number of aromatic carboxylic acids is 1. The van der Waals surface area contributed by atoms with E-state index in [9.17, 15) is 9.90 Å². The van der Waals surface area contributed by atoms with Gasteiger partial charge in [0.25, 0.3) is 0 Å². The predicted octanol–water partition coefficient (Wildman–Crippen LogP) is 6.25. The van der Waals surface area contributed by atoms with Crippen molar-refractivity contribution in [1.82, 2.24) is 9.55 Å². The summed E-state index contributed by atoms with van der Waals surface area (Å²) in [5.74, 6) is 0.417. The van der Waals surface area contributed by atoms with Crippen molar-refractivity contribution in [2.45, 2.75) is 83.6 Å². The van der Waals surface area contributed by atoms with Gasteiger partial charge < -0.3 is 9.67 Å². The first-order valence-electron chi connectivity index (χ1n) is 10.5. The lowest BCUT2D eigenvalue weighted by atomic mass is 9.89. The minimum Gasteiger partial charge on any atom is -0.478 e. The van der Waals surface area contributed by atoms with Gasteiger partial charge in [-0.05, 0) is 44.6 Å². The van der Waals surface area contributed by atoms with Gasteiger partial charge in [0.1, 0.15) is 0 Å². The number of aromatic nitrogens is 2. The average Bonchev–Trinajstić information content (AvgIpc) is 3.29. The minimum atomic E-state index is -0.834. The van der Waals surface area contributed by atoms with Crippen LogP contribution in [0.4, 0.5) is 0 Å². The maximum Gasteiger partial charge on any atom is 0.337 e. The monoisotopic (exact) mass is 386 g/mol. The summed E-state index contributed by atoms with van der Waals surface area (Å²) in [5.41, 5.74) is 3.25. The Balaban J connectivity index is 1.65. The molecule has 4 nitrogen and oxygen atoms in total. The number of hydrogen-bond donors (Lipinski definition) is 1. The van der Waals surface area contributed by atoms with Crippen LogP contribution >= 0.6 is 11.3 Å². The van der Waals surface area contributed by atoms with Gasteiger partial charge in [0, 0.05) is 23.5 Å². The van der Waals surface area contributed by atoms with Crippen LogP contribution in [0.25, 0.3) is 11.4 Å². The first kappa shape index (κ1) is 18.7. The maximum absolute atomic E-state index is 11.7. The van der Waals surface area contributed by atoms with E-state index in [1.807, 2.05) is 13.0 Å². The van der Waals surface area contributed by atoms with Crippen LogP contribution in [0.5, 0.6) is 0 Å². The molecule has 2 aliphatic rings. The molecule has 0 atom stereocenters. The summed E-state index contributed by atoms with van der Waals surface area (Å²) in [4.78, 5) is 16.7. The SMILES string of the molecule is Cc1c(C(=O)O)cc(-c2csc(C3CCCCC3)n2)n1CC1CCCCC1. The molecule has 27 heavy (non-hydrogen) atoms. The number of carbonyl (C=O) groups is 1. The molecule has 0 aromatic carbocycles. The summed E-state index contributed by atoms with van der Waals surface area (Å²) in [6.45, 7) is 2.87. The zero-order valence-electron chi connectivity index (χ0n) is 16.2. The molecule has 2 heterocycles. The van der Waals surface area contributed by atoms with Gasteiger partial charge >= 0.3 is 5.97 Å². The van der Waals surface area contributed by atoms with Crippen molar-refractivity contribution in [3.8, 4) is 11.4 Å². The third-order valence-corrected chi connectivity index (χ3v) is 7.51. The Morgan fingerprint density at radius 1 is 1.15 bits per heavy atom. The van der Waals surface area contributed by atoms with Crippen molar-refractivity contribution < 1.29 is 9.90 Å². The van der Waals surface area contributed by atoms with Gasteiger partial charge in [-0.15, -0.1) is 11.3 Å². The third kappa shape index (κ3) is 3.98. The zero-order chi connectivity index (χ0) is 18.8. The first-order valence-corrected chi connectivity index (χ1v) is 11.4. The van der Waals surface area contributed by atoms with Crippen molar-refractivity contribution in [3.63, 3.8) is 0 Å². The lowest BCUT2D eigenvalue weighted by molar-refractivity contribution is 0.0696. The molecule has 0 spiro atoms. The Morgan fingerprint density at radius 3 is 2.48 bits per heavy atom. The molecule has 2 fully saturated rings. The number of nitrogens with zero attached hydrogens (tertiary/aromatic N) is 2. The van der Waals surface area contributed by atoms with Crippen molar-refractivity contribution in [1.29, 1.82) is 0 Å². The number of rotatable bonds is 5. The number of carboxylic acid groups (broad SMARTS) is 1. The third-order valence-electron chi connectivity index (χ3n) is 6.50. The van der Waals surface area contributed by atoms with E-state index < -0.39 is 5.97 Å². The summed E-state index contributed by atoms with van der Waals surface area (Å²) >= 11 is 1.76. The predicted molar refractivity (Wildman–Crippen MR) is 110 cm³/mol. The van der Waals surface area contributed by atoms with Crippen LogP contribution in [0.15, 0.2) is 11.4 Å². The van der Waals surface area contributed by atoms with Gasteiger partial charge in [-0.3, -0.25) is 0 Å². The molecule has 1 N–H and O–H groups in total. The smallest absolute Gasteiger partial charge is 0.337 e. The van der Waals surface area contributed by atoms with Crippen molar-refractivity contribution in [2.24, 2.45) is 5.92 Å². The standard InChI is InChI=1S/C22H30N2O2S/c1-15-18(22(25)26)12-20(24(15)13-16-8-4-2-5-9-16)19-14-27-21(23-19)17-10-6-3-7-11-17/h12,14,16-17H,2-11,13H2,1H3,(H,25,26). The van der Waals surface area contributed by atoms with Crippen LogP contribution in [0.1, 0.15) is 91.2 Å². The van der Waals surface area contributed by atoms with Crippen LogP contribution < -0.4 is 0 Å². The van der Waals surface area contributed by atoms with Crippen LogP contribution in [0.2, 0.25) is 0 Å². The van der Waals surface area contributed by atoms with E-state index in [-0.39, 0.29) is 0 Å². The molecule has 5 heteroatoms. The van der Waals surface area contributed by atoms with E-state index in [4.69, 9.17) is 4.98 Å². The molecule has 0 amide bonds. The van der Waals surface area contributed by atoms with Gasteiger partial charge in [0.05, 0.1) is 22.0 Å². The highest BCUT2D eigenvalue weighted by atomic mass is 32.1. The fraction of sp³-hybridized carbons (Fsp3) is 0.636. The molecular weight excluding hydrogens is 356 g/mol. The molecular formula is C22H30N2O2S. The first-order chi connectivity index (χ1) is 13.1. The number of thiazole rings is 1. The maximum atomic E-state index is 11.7. The van der Waals surface area contributed by atoms with E-state index >= 15 is 0 Å². The highest BCUT2D eigenvalue weighted by Crippen LogP contribution is 2.37. The van der Waals surface area contributed by atoms with Gasteiger partial charge in [0.2, 0.25) is 0 Å². The molecule has 0 unspecified atom stereocenters. The normalized spacial score (nSPS) is 19.4. The van der Waals surface area contributed by atoms with Crippen molar-refractivity contribution in [3.05, 3.63) is 27.7 Å². The summed E-state index contributed by atoms with van der Waals surface area (Å²) in [6.07, 6.45) is 12.9. The summed E-state index contributed by atoms with van der Waals surface area (Å²) < 4.78 is 2.24. The Hall–Kier alpha value is -1.62. The van der Waals surface area contributed by atoms with Gasteiger partial charge in [-0.2, -0.15) is 0 Å². The molecule has 146 valence electrons. The average molecular weight is 387 g/mol. The topological polar surface area (TPSA) is 55.1 Å². The second-order valence-corrected chi connectivity index (χ2v) is 9.24. The molecule has 0 radical (unpaired) electrons. The molecule has 4 rings (SSSR count). The van der Waals surface area contributed by atoms with Crippen molar-refractivity contribution >= 4 is 17.3 Å². The van der Waals surface area contributed by atoms with Gasteiger partial charge in [0.15, 0.2) is 0 Å². The molecule has 0 bridgehead atoms. The molecule has 0 aliphatic heterocycles. The Labute approximate surface area is 165 Å². The molecule has 2 aromatic rings. The van der Waals surface area contributed by atoms with Crippen molar-refractivity contribution in [2.75, 3.05) is 0 Å². The number of hydrogen-bond acceptors (Lipinski definition) is 3. The zero-order valence-corrected chi connectivity index (χ0v) is 17.1. The second-order valence-electron chi connectivity index (χ2n) is 8.35. The van der Waals surface area contributed by atoms with Crippen LogP contribution in [-0.4, -0.2) is 20.6 Å². The van der Waals surface area contributed by atoms with Gasteiger partial charge in [-0.1, -0.05) is 38.5 Å². The highest BCUT2D eigenvalue weighted by Gasteiger charge is 2.24. The lowest BCUT2D eigenvalue weighted by Crippen LogP contribution is -2.16. The van der Waals surface area contributed by atoms with Crippen LogP contribution in [-0.2, 0) is 6.54 Å². The van der Waals surface area contributed by atoms with E-state index in [0.717, 1.165) is 23.6 Å². The fourth-order valence-corrected chi connectivity index (χ4v) is 5.86. The fourth-order valence-electron chi connectivity index (χ4n) is 4.88. The van der Waals surface area contributed by atoms with E-state index in [2.05, 4.69) is 9.95 Å². The van der Waals surface area contributed by atoms with E-state index in [0.29, 0.717) is 17.4 Å². The van der Waals surface area contributed by atoms with Crippen LogP contribution in [0.3, 0.4) is 0 Å².